The fourth-order valence-electron chi connectivity index (χ4n) is 4.09. The Hall–Kier alpha value is -3.45. The van der Waals surface area contributed by atoms with Gasteiger partial charge in [0.1, 0.15) is 5.60 Å². The molecule has 1 aromatic heterocycles. The fraction of sp³-hybridized carbons (Fsp3) is 0.520. The third kappa shape index (κ3) is 7.32. The molecule has 0 aliphatic carbocycles. The van der Waals surface area contributed by atoms with Crippen LogP contribution in [0.15, 0.2) is 24.4 Å². The number of carbonyl (C=O) groups is 2. The normalized spacial score (nSPS) is 16.5. The molecular weight excluding hydrogens is 505 g/mol. The lowest BCUT2D eigenvalue weighted by molar-refractivity contribution is -0.136. The summed E-state index contributed by atoms with van der Waals surface area (Å²) in [4.78, 5) is 36.8. The van der Waals surface area contributed by atoms with Gasteiger partial charge >= 0.3 is 12.3 Å². The van der Waals surface area contributed by atoms with Gasteiger partial charge in [-0.1, -0.05) is 0 Å². The number of hydrogen-bond donors (Lipinski definition) is 2. The van der Waals surface area contributed by atoms with E-state index < -0.39 is 29.3 Å². The zero-order chi connectivity index (χ0) is 27.5. The van der Waals surface area contributed by atoms with Crippen molar-refractivity contribution < 1.29 is 32.2 Å². The summed E-state index contributed by atoms with van der Waals surface area (Å²) in [7, 11) is 0. The van der Waals surface area contributed by atoms with Crippen LogP contribution in [0.2, 0.25) is 0 Å². The summed E-state index contributed by atoms with van der Waals surface area (Å²) in [6.07, 6.45) is -3.03. The topological polar surface area (TPSA) is 109 Å². The Kier molecular flexibility index (Phi) is 8.07. The first-order valence-corrected chi connectivity index (χ1v) is 12.3. The molecule has 13 heteroatoms. The van der Waals surface area contributed by atoms with Crippen molar-refractivity contribution in [2.75, 3.05) is 50.0 Å². The number of nitrogens with one attached hydrogen (secondary N) is 2. The highest BCUT2D eigenvalue weighted by atomic mass is 19.4. The number of anilines is 3. The number of amides is 2. The monoisotopic (exact) mass is 536 g/mol. The number of alkyl halides is 3. The molecule has 1 fully saturated rings. The number of benzene rings is 1. The number of nitrogens with zero attached hydrogens (tertiary/aromatic N) is 4. The number of carbonyl (C=O) groups excluding carboxylic acids is 2. The quantitative estimate of drug-likeness (QED) is 0.594. The third-order valence-corrected chi connectivity index (χ3v) is 5.92. The molecule has 2 N–H and O–H groups in total. The van der Waals surface area contributed by atoms with Gasteiger partial charge in [0.25, 0.3) is 0 Å². The molecule has 3 heterocycles. The molecule has 2 aromatic rings. The van der Waals surface area contributed by atoms with Crippen LogP contribution in [0.1, 0.15) is 37.6 Å². The molecule has 38 heavy (non-hydrogen) atoms. The van der Waals surface area contributed by atoms with E-state index in [1.54, 1.807) is 27.0 Å². The number of morpholine rings is 1. The van der Waals surface area contributed by atoms with E-state index in [1.165, 1.54) is 17.0 Å². The van der Waals surface area contributed by atoms with Gasteiger partial charge in [0.2, 0.25) is 11.9 Å². The van der Waals surface area contributed by atoms with E-state index in [0.717, 1.165) is 11.6 Å². The second-order valence-corrected chi connectivity index (χ2v) is 10.1. The molecule has 2 aliphatic rings. The van der Waals surface area contributed by atoms with Crippen LogP contribution in [0.4, 0.5) is 35.3 Å². The first-order chi connectivity index (χ1) is 17.9. The second-order valence-electron chi connectivity index (χ2n) is 10.1. The SMILES string of the molecule is CC(C)(C)OC(=O)N1CCc2cnc(Nc3ccc(NC(=O)CN4CCOCC4)c(C(F)(F)F)c3)nc2C1. The van der Waals surface area contributed by atoms with Crippen molar-refractivity contribution in [1.82, 2.24) is 19.8 Å². The highest BCUT2D eigenvalue weighted by Crippen LogP contribution is 2.37. The van der Waals surface area contributed by atoms with E-state index in [4.69, 9.17) is 9.47 Å². The molecule has 2 aliphatic heterocycles. The van der Waals surface area contributed by atoms with E-state index >= 15 is 0 Å². The zero-order valence-electron chi connectivity index (χ0n) is 21.5. The molecule has 0 spiro atoms. The molecule has 0 unspecified atom stereocenters. The Balaban J connectivity index is 1.47. The van der Waals surface area contributed by atoms with E-state index in [0.29, 0.717) is 45.0 Å². The maximum absolute atomic E-state index is 13.9. The van der Waals surface area contributed by atoms with Crippen LogP contribution in [0.3, 0.4) is 0 Å². The van der Waals surface area contributed by atoms with E-state index in [9.17, 15) is 22.8 Å². The number of aromatic nitrogens is 2. The molecule has 206 valence electrons. The van der Waals surface area contributed by atoms with Crippen molar-refractivity contribution in [3.63, 3.8) is 0 Å². The molecule has 0 atom stereocenters. The minimum Gasteiger partial charge on any atom is -0.444 e. The second kappa shape index (κ2) is 11.1. The molecule has 1 aromatic carbocycles. The Morgan fingerprint density at radius 2 is 1.87 bits per heavy atom. The van der Waals surface area contributed by atoms with Gasteiger partial charge in [-0.3, -0.25) is 9.69 Å². The first-order valence-electron chi connectivity index (χ1n) is 12.3. The number of halogens is 3. The van der Waals surface area contributed by atoms with Gasteiger partial charge in [-0.25, -0.2) is 14.8 Å². The lowest BCUT2D eigenvalue weighted by atomic mass is 10.1. The number of rotatable bonds is 5. The van der Waals surface area contributed by atoms with Crippen LogP contribution in [-0.2, 0) is 33.4 Å². The summed E-state index contributed by atoms with van der Waals surface area (Å²) in [5.41, 5.74) is -0.428. The van der Waals surface area contributed by atoms with Crippen molar-refractivity contribution in [1.29, 1.82) is 0 Å². The van der Waals surface area contributed by atoms with Crippen molar-refractivity contribution in [2.45, 2.75) is 45.5 Å². The van der Waals surface area contributed by atoms with Gasteiger partial charge in [-0.05, 0) is 51.0 Å². The average Bonchev–Trinajstić information content (AvgIpc) is 2.83. The first kappa shape index (κ1) is 27.6. The molecule has 0 radical (unpaired) electrons. The largest absolute Gasteiger partial charge is 0.444 e. The molecule has 1 saturated heterocycles. The van der Waals surface area contributed by atoms with Gasteiger partial charge in [-0.2, -0.15) is 13.2 Å². The molecule has 10 nitrogen and oxygen atoms in total. The number of hydrogen-bond acceptors (Lipinski definition) is 8. The highest BCUT2D eigenvalue weighted by Gasteiger charge is 2.34. The van der Waals surface area contributed by atoms with Crippen LogP contribution in [-0.4, -0.2) is 76.8 Å². The van der Waals surface area contributed by atoms with Gasteiger partial charge in [-0.15, -0.1) is 0 Å². The molecule has 4 rings (SSSR count). The number of ether oxygens (including phenoxy) is 2. The third-order valence-electron chi connectivity index (χ3n) is 5.92. The smallest absolute Gasteiger partial charge is 0.418 e. The summed E-state index contributed by atoms with van der Waals surface area (Å²) in [5.74, 6) is -0.447. The maximum atomic E-state index is 13.9. The summed E-state index contributed by atoms with van der Waals surface area (Å²) < 4.78 is 52.2. The van der Waals surface area contributed by atoms with Crippen molar-refractivity contribution >= 4 is 29.3 Å². The van der Waals surface area contributed by atoms with Crippen LogP contribution < -0.4 is 10.6 Å². The minimum absolute atomic E-state index is 0.0239. The van der Waals surface area contributed by atoms with Gasteiger partial charge < -0.3 is 25.0 Å². The summed E-state index contributed by atoms with van der Waals surface area (Å²) in [5, 5.41) is 5.18. The number of fused-ring (bicyclic) bond motifs is 1. The Bertz CT molecular complexity index is 1180. The molecule has 0 bridgehead atoms. The summed E-state index contributed by atoms with van der Waals surface area (Å²) in [6.45, 7) is 8.00. The lowest BCUT2D eigenvalue weighted by Gasteiger charge is -2.30. The van der Waals surface area contributed by atoms with E-state index in [-0.39, 0.29) is 30.4 Å². The summed E-state index contributed by atoms with van der Waals surface area (Å²) >= 11 is 0. The molecule has 2 amide bonds. The Morgan fingerprint density at radius 3 is 2.55 bits per heavy atom. The maximum Gasteiger partial charge on any atom is 0.418 e. The predicted molar refractivity (Wildman–Crippen MR) is 133 cm³/mol. The van der Waals surface area contributed by atoms with E-state index in [2.05, 4.69) is 20.6 Å². The lowest BCUT2D eigenvalue weighted by Crippen LogP contribution is -2.41. The average molecular weight is 537 g/mol. The van der Waals surface area contributed by atoms with Crippen molar-refractivity contribution in [3.05, 3.63) is 41.2 Å². The zero-order valence-corrected chi connectivity index (χ0v) is 21.5. The Labute approximate surface area is 218 Å². The van der Waals surface area contributed by atoms with Crippen LogP contribution >= 0.6 is 0 Å². The van der Waals surface area contributed by atoms with Gasteiger partial charge in [0.05, 0.1) is 43.2 Å². The van der Waals surface area contributed by atoms with E-state index in [1.807, 2.05) is 4.90 Å². The molecule has 0 saturated carbocycles. The van der Waals surface area contributed by atoms with Crippen LogP contribution in [0.5, 0.6) is 0 Å². The highest BCUT2D eigenvalue weighted by molar-refractivity contribution is 5.93. The summed E-state index contributed by atoms with van der Waals surface area (Å²) in [6, 6.07) is 3.51. The van der Waals surface area contributed by atoms with Gasteiger partial charge in [0, 0.05) is 31.5 Å². The standard InChI is InChI=1S/C25H31F3N6O4/c1-24(2,3)38-23(36)34-7-6-16-13-29-22(32-20(16)14-34)30-17-4-5-19(18(12-17)25(26,27)28)31-21(35)15-33-8-10-37-11-9-33/h4-5,12-13H,6-11,14-15H2,1-3H3,(H,31,35)(H,29,30,32). The Morgan fingerprint density at radius 1 is 1.13 bits per heavy atom. The van der Waals surface area contributed by atoms with Crippen LogP contribution in [0, 0.1) is 0 Å². The van der Waals surface area contributed by atoms with Crippen LogP contribution in [0.25, 0.3) is 0 Å². The van der Waals surface area contributed by atoms with Crippen molar-refractivity contribution in [3.8, 4) is 0 Å². The molecular formula is C25H31F3N6O4. The fourth-order valence-corrected chi connectivity index (χ4v) is 4.09. The van der Waals surface area contributed by atoms with Crippen molar-refractivity contribution in [2.24, 2.45) is 0 Å². The minimum atomic E-state index is -4.70. The predicted octanol–water partition coefficient (Wildman–Crippen LogP) is 3.80. The van der Waals surface area contributed by atoms with Gasteiger partial charge in [0.15, 0.2) is 0 Å².